The van der Waals surface area contributed by atoms with Gasteiger partial charge in [0, 0.05) is 0 Å². The van der Waals surface area contributed by atoms with Crippen molar-refractivity contribution in [3.8, 4) is 0 Å². The summed E-state index contributed by atoms with van der Waals surface area (Å²) in [7, 11) is 0. The molecule has 0 bridgehead atoms. The summed E-state index contributed by atoms with van der Waals surface area (Å²) in [5, 5.41) is 7.04. The minimum Gasteiger partial charge on any atom is -0.317 e. The summed E-state index contributed by atoms with van der Waals surface area (Å²) >= 11 is 0. The molecule has 0 unspecified atom stereocenters. The fourth-order valence-corrected chi connectivity index (χ4v) is 1.93. The van der Waals surface area contributed by atoms with Gasteiger partial charge in [0.15, 0.2) is 0 Å². The van der Waals surface area contributed by atoms with E-state index in [0.29, 0.717) is 0 Å². The summed E-state index contributed by atoms with van der Waals surface area (Å²) in [5.41, 5.74) is 0. The van der Waals surface area contributed by atoms with E-state index in [0.717, 1.165) is 0 Å². The van der Waals surface area contributed by atoms with Crippen molar-refractivity contribution >= 4 is 0 Å². The Balaban J connectivity index is 2.85. The van der Waals surface area contributed by atoms with E-state index in [-0.39, 0.29) is 0 Å². The Morgan fingerprint density at radius 2 is 0.824 bits per heavy atom. The van der Waals surface area contributed by atoms with Crippen LogP contribution in [0.5, 0.6) is 0 Å². The van der Waals surface area contributed by atoms with Crippen LogP contribution in [0.25, 0.3) is 0 Å². The van der Waals surface area contributed by atoms with E-state index >= 15 is 0 Å². The van der Waals surface area contributed by atoms with Crippen molar-refractivity contribution in [2.45, 2.75) is 71.6 Å². The highest BCUT2D eigenvalue weighted by Crippen LogP contribution is 1.95. The Labute approximate surface area is 109 Å². The predicted octanol–water partition coefficient (Wildman–Crippen LogP) is 3.72. The van der Waals surface area contributed by atoms with Gasteiger partial charge >= 0.3 is 0 Å². The van der Waals surface area contributed by atoms with Gasteiger partial charge in [0.05, 0.1) is 0 Å². The zero-order chi connectivity index (χ0) is 12.6. The molecule has 0 radical (unpaired) electrons. The summed E-state index contributed by atoms with van der Waals surface area (Å²) in [5.74, 6) is 0. The smallest absolute Gasteiger partial charge is 0.00489 e. The topological polar surface area (TPSA) is 24.1 Å². The van der Waals surface area contributed by atoms with Crippen molar-refractivity contribution in [2.24, 2.45) is 0 Å². The maximum atomic E-state index is 3.52. The molecule has 0 amide bonds. The highest BCUT2D eigenvalue weighted by atomic mass is 14.8. The van der Waals surface area contributed by atoms with Crippen molar-refractivity contribution in [1.82, 2.24) is 10.6 Å². The van der Waals surface area contributed by atoms with Gasteiger partial charge in [-0.05, 0) is 51.9 Å². The van der Waals surface area contributed by atoms with Crippen molar-refractivity contribution < 1.29 is 0 Å². The zero-order valence-electron chi connectivity index (χ0n) is 12.2. The number of nitrogens with one attached hydrogen (secondary N) is 2. The van der Waals surface area contributed by atoms with Crippen molar-refractivity contribution in [2.75, 3.05) is 26.2 Å². The first-order valence-corrected chi connectivity index (χ1v) is 7.83. The van der Waals surface area contributed by atoms with Crippen LogP contribution in [0, 0.1) is 0 Å². The van der Waals surface area contributed by atoms with Gasteiger partial charge in [-0.2, -0.15) is 0 Å². The molecule has 0 fully saturated rings. The Morgan fingerprint density at radius 3 is 1.18 bits per heavy atom. The van der Waals surface area contributed by atoms with E-state index in [4.69, 9.17) is 0 Å². The van der Waals surface area contributed by atoms with Gasteiger partial charge in [0.1, 0.15) is 0 Å². The van der Waals surface area contributed by atoms with Gasteiger partial charge in [0.2, 0.25) is 0 Å². The average Bonchev–Trinajstić information content (AvgIpc) is 2.35. The largest absolute Gasteiger partial charge is 0.317 e. The Morgan fingerprint density at radius 1 is 0.471 bits per heavy atom. The van der Waals surface area contributed by atoms with Gasteiger partial charge in [-0.1, -0.05) is 46.0 Å². The molecule has 0 aliphatic rings. The molecule has 2 N–H and O–H groups in total. The molecule has 0 aromatic heterocycles. The Kier molecular flexibility index (Phi) is 15.8. The molecule has 0 atom stereocenters. The van der Waals surface area contributed by atoms with Crippen LogP contribution < -0.4 is 10.6 Å². The van der Waals surface area contributed by atoms with Crippen molar-refractivity contribution in [3.05, 3.63) is 0 Å². The SMILES string of the molecule is CCCCCNCCCCCNCCCCC. The fourth-order valence-electron chi connectivity index (χ4n) is 1.93. The van der Waals surface area contributed by atoms with Crippen LogP contribution in [0.15, 0.2) is 0 Å². The molecule has 0 saturated heterocycles. The molecular formula is C15H34N2. The van der Waals surface area contributed by atoms with Crippen LogP contribution in [-0.4, -0.2) is 26.2 Å². The summed E-state index contributed by atoms with van der Waals surface area (Å²) in [6.07, 6.45) is 12.1. The van der Waals surface area contributed by atoms with E-state index < -0.39 is 0 Å². The van der Waals surface area contributed by atoms with E-state index in [1.54, 1.807) is 0 Å². The molecular weight excluding hydrogens is 208 g/mol. The molecule has 0 aliphatic heterocycles. The fraction of sp³-hybridized carbons (Fsp3) is 1.00. The van der Waals surface area contributed by atoms with Gasteiger partial charge in [-0.25, -0.2) is 0 Å². The third-order valence-corrected chi connectivity index (χ3v) is 3.12. The standard InChI is InChI=1S/C15H34N2/c1-3-5-8-12-16-14-10-7-11-15-17-13-9-6-4-2/h16-17H,3-15H2,1-2H3. The quantitative estimate of drug-likeness (QED) is 0.454. The third kappa shape index (κ3) is 15.9. The van der Waals surface area contributed by atoms with Crippen molar-refractivity contribution in [1.29, 1.82) is 0 Å². The normalized spacial score (nSPS) is 10.9. The minimum absolute atomic E-state index is 1.21. The van der Waals surface area contributed by atoms with Gasteiger partial charge < -0.3 is 10.6 Å². The lowest BCUT2D eigenvalue weighted by molar-refractivity contribution is 0.549. The second-order valence-corrected chi connectivity index (χ2v) is 4.97. The van der Waals surface area contributed by atoms with Crippen molar-refractivity contribution in [3.63, 3.8) is 0 Å². The maximum absolute atomic E-state index is 3.52. The lowest BCUT2D eigenvalue weighted by Crippen LogP contribution is -2.18. The van der Waals surface area contributed by atoms with Crippen LogP contribution in [0.3, 0.4) is 0 Å². The second kappa shape index (κ2) is 15.9. The average molecular weight is 242 g/mol. The van der Waals surface area contributed by atoms with Gasteiger partial charge in [-0.3, -0.25) is 0 Å². The molecule has 2 heteroatoms. The molecule has 17 heavy (non-hydrogen) atoms. The zero-order valence-corrected chi connectivity index (χ0v) is 12.2. The highest BCUT2D eigenvalue weighted by Gasteiger charge is 1.91. The first kappa shape index (κ1) is 16.9. The molecule has 0 aromatic carbocycles. The van der Waals surface area contributed by atoms with E-state index in [9.17, 15) is 0 Å². The van der Waals surface area contributed by atoms with Crippen LogP contribution >= 0.6 is 0 Å². The van der Waals surface area contributed by atoms with E-state index in [1.807, 2.05) is 0 Å². The minimum atomic E-state index is 1.21. The molecule has 104 valence electrons. The third-order valence-electron chi connectivity index (χ3n) is 3.12. The maximum Gasteiger partial charge on any atom is -0.00489 e. The Hall–Kier alpha value is -0.0800. The molecule has 0 rings (SSSR count). The lowest BCUT2D eigenvalue weighted by atomic mass is 10.2. The highest BCUT2D eigenvalue weighted by molar-refractivity contribution is 4.52. The number of hydrogen-bond acceptors (Lipinski definition) is 2. The molecule has 2 nitrogen and oxygen atoms in total. The van der Waals surface area contributed by atoms with E-state index in [2.05, 4.69) is 24.5 Å². The molecule has 0 saturated carbocycles. The molecule has 0 aliphatic carbocycles. The van der Waals surface area contributed by atoms with Gasteiger partial charge in [-0.15, -0.1) is 0 Å². The molecule has 0 aromatic rings. The summed E-state index contributed by atoms with van der Waals surface area (Å²) in [4.78, 5) is 0. The van der Waals surface area contributed by atoms with Crippen LogP contribution in [0.2, 0.25) is 0 Å². The number of hydrogen-bond donors (Lipinski definition) is 2. The first-order valence-electron chi connectivity index (χ1n) is 7.83. The summed E-state index contributed by atoms with van der Waals surface area (Å²) in [6, 6.07) is 0. The second-order valence-electron chi connectivity index (χ2n) is 4.97. The van der Waals surface area contributed by atoms with Crippen LogP contribution in [0.1, 0.15) is 71.6 Å². The van der Waals surface area contributed by atoms with Crippen LogP contribution in [0.4, 0.5) is 0 Å². The predicted molar refractivity (Wildman–Crippen MR) is 78.6 cm³/mol. The van der Waals surface area contributed by atoms with E-state index in [1.165, 1.54) is 84.0 Å². The van der Waals surface area contributed by atoms with Gasteiger partial charge in [0.25, 0.3) is 0 Å². The monoisotopic (exact) mass is 242 g/mol. The molecule has 0 spiro atoms. The number of rotatable bonds is 14. The first-order chi connectivity index (χ1) is 8.41. The number of unbranched alkanes of at least 4 members (excludes halogenated alkanes) is 6. The lowest BCUT2D eigenvalue weighted by Gasteiger charge is -2.05. The molecule has 0 heterocycles. The summed E-state index contributed by atoms with van der Waals surface area (Å²) in [6.45, 7) is 9.35. The van der Waals surface area contributed by atoms with Crippen LogP contribution in [-0.2, 0) is 0 Å². The Bertz CT molecular complexity index is 112. The summed E-state index contributed by atoms with van der Waals surface area (Å²) < 4.78 is 0.